The van der Waals surface area contributed by atoms with Crippen molar-refractivity contribution in [2.45, 2.75) is 6.92 Å². The Labute approximate surface area is 98.8 Å². The Kier molecular flexibility index (Phi) is 3.14. The molecule has 1 aromatic carbocycles. The van der Waals surface area contributed by atoms with E-state index in [4.69, 9.17) is 12.2 Å². The molecule has 0 aliphatic rings. The van der Waals surface area contributed by atoms with Crippen molar-refractivity contribution in [3.8, 4) is 10.4 Å². The zero-order valence-electron chi connectivity index (χ0n) is 8.36. The largest absolute Gasteiger partial charge is 0.350 e. The van der Waals surface area contributed by atoms with Crippen molar-refractivity contribution in [2.75, 3.05) is 5.32 Å². The van der Waals surface area contributed by atoms with Crippen LogP contribution in [0.4, 0.5) is 5.69 Å². The van der Waals surface area contributed by atoms with Gasteiger partial charge in [-0.15, -0.1) is 11.3 Å². The fourth-order valence-electron chi connectivity index (χ4n) is 1.36. The fraction of sp³-hybridized carbons (Fsp3) is 0.0833. The van der Waals surface area contributed by atoms with Crippen LogP contribution in [0.15, 0.2) is 41.8 Å². The molecule has 0 bridgehead atoms. The lowest BCUT2D eigenvalue weighted by Crippen LogP contribution is -2.01. The first-order valence-electron chi connectivity index (χ1n) is 4.67. The van der Waals surface area contributed by atoms with Gasteiger partial charge in [-0.05, 0) is 18.6 Å². The van der Waals surface area contributed by atoms with Gasteiger partial charge in [0.15, 0.2) is 0 Å². The Bertz CT molecular complexity index is 459. The van der Waals surface area contributed by atoms with Gasteiger partial charge in [0.25, 0.3) is 0 Å². The van der Waals surface area contributed by atoms with Gasteiger partial charge >= 0.3 is 0 Å². The molecule has 0 saturated heterocycles. The van der Waals surface area contributed by atoms with Gasteiger partial charge in [-0.25, -0.2) is 0 Å². The van der Waals surface area contributed by atoms with E-state index in [2.05, 4.69) is 28.9 Å². The van der Waals surface area contributed by atoms with Crippen LogP contribution in [0.5, 0.6) is 0 Å². The van der Waals surface area contributed by atoms with Gasteiger partial charge in [0.05, 0.1) is 10.7 Å². The topological polar surface area (TPSA) is 12.0 Å². The van der Waals surface area contributed by atoms with E-state index < -0.39 is 0 Å². The molecule has 1 nitrogen and oxygen atoms in total. The molecule has 2 aromatic rings. The summed E-state index contributed by atoms with van der Waals surface area (Å²) in [5.41, 5.74) is 2.32. The van der Waals surface area contributed by atoms with Gasteiger partial charge < -0.3 is 5.32 Å². The Morgan fingerprint density at radius 3 is 2.67 bits per heavy atom. The molecule has 1 heterocycles. The SMILES string of the molecule is CC(=S)Nc1csc(-c2ccccc2)c1. The number of thiophene rings is 1. The van der Waals surface area contributed by atoms with Crippen LogP contribution in [-0.2, 0) is 0 Å². The molecule has 0 radical (unpaired) electrons. The molecule has 2 rings (SSSR count). The molecular formula is C12H11NS2. The first-order chi connectivity index (χ1) is 7.25. The summed E-state index contributed by atoms with van der Waals surface area (Å²) in [6.07, 6.45) is 0. The molecule has 15 heavy (non-hydrogen) atoms. The second-order valence-electron chi connectivity index (χ2n) is 3.25. The maximum atomic E-state index is 5.00. The molecule has 0 unspecified atom stereocenters. The van der Waals surface area contributed by atoms with Crippen LogP contribution in [-0.4, -0.2) is 4.99 Å². The van der Waals surface area contributed by atoms with E-state index in [0.717, 1.165) is 10.7 Å². The second-order valence-corrected chi connectivity index (χ2v) is 4.77. The van der Waals surface area contributed by atoms with E-state index in [-0.39, 0.29) is 0 Å². The number of nitrogens with one attached hydrogen (secondary N) is 1. The van der Waals surface area contributed by atoms with Crippen molar-refractivity contribution in [1.29, 1.82) is 0 Å². The van der Waals surface area contributed by atoms with E-state index in [1.807, 2.05) is 25.1 Å². The number of hydrogen-bond acceptors (Lipinski definition) is 2. The number of rotatable bonds is 2. The van der Waals surface area contributed by atoms with Gasteiger partial charge in [0, 0.05) is 10.3 Å². The van der Waals surface area contributed by atoms with Crippen molar-refractivity contribution < 1.29 is 0 Å². The maximum Gasteiger partial charge on any atom is 0.0766 e. The number of benzene rings is 1. The first-order valence-corrected chi connectivity index (χ1v) is 5.96. The molecule has 0 atom stereocenters. The molecule has 1 N–H and O–H groups in total. The van der Waals surface area contributed by atoms with E-state index in [0.29, 0.717) is 0 Å². The minimum absolute atomic E-state index is 0.799. The first kappa shape index (κ1) is 10.3. The summed E-state index contributed by atoms with van der Waals surface area (Å²) in [6, 6.07) is 12.5. The van der Waals surface area contributed by atoms with E-state index >= 15 is 0 Å². The molecular weight excluding hydrogens is 222 g/mol. The summed E-state index contributed by atoms with van der Waals surface area (Å²) in [7, 11) is 0. The van der Waals surface area contributed by atoms with E-state index in [9.17, 15) is 0 Å². The fourth-order valence-corrected chi connectivity index (χ4v) is 2.32. The summed E-state index contributed by atoms with van der Waals surface area (Å²) in [5, 5.41) is 5.22. The van der Waals surface area contributed by atoms with Crippen molar-refractivity contribution >= 4 is 34.2 Å². The number of hydrogen-bond donors (Lipinski definition) is 1. The van der Waals surface area contributed by atoms with Gasteiger partial charge in [0.1, 0.15) is 0 Å². The third kappa shape index (κ3) is 2.64. The third-order valence-corrected chi connectivity index (χ3v) is 3.06. The lowest BCUT2D eigenvalue weighted by molar-refractivity contribution is 1.68. The highest BCUT2D eigenvalue weighted by Crippen LogP contribution is 2.29. The lowest BCUT2D eigenvalue weighted by Gasteiger charge is -1.98. The van der Waals surface area contributed by atoms with Crippen LogP contribution in [0.1, 0.15) is 6.92 Å². The predicted molar refractivity (Wildman–Crippen MR) is 71.6 cm³/mol. The smallest absolute Gasteiger partial charge is 0.0766 e. The van der Waals surface area contributed by atoms with Crippen LogP contribution in [0, 0.1) is 0 Å². The summed E-state index contributed by atoms with van der Waals surface area (Å²) in [5.74, 6) is 0. The monoisotopic (exact) mass is 233 g/mol. The Balaban J connectivity index is 2.24. The summed E-state index contributed by atoms with van der Waals surface area (Å²) < 4.78 is 0. The highest BCUT2D eigenvalue weighted by molar-refractivity contribution is 7.80. The minimum Gasteiger partial charge on any atom is -0.350 e. The van der Waals surface area contributed by atoms with E-state index in [1.165, 1.54) is 10.4 Å². The molecule has 0 amide bonds. The molecule has 0 spiro atoms. The van der Waals surface area contributed by atoms with Gasteiger partial charge in [0.2, 0.25) is 0 Å². The van der Waals surface area contributed by atoms with Crippen LogP contribution in [0.3, 0.4) is 0 Å². The van der Waals surface area contributed by atoms with Crippen LogP contribution in [0.2, 0.25) is 0 Å². The van der Waals surface area contributed by atoms with Crippen LogP contribution in [0.25, 0.3) is 10.4 Å². The van der Waals surface area contributed by atoms with E-state index in [1.54, 1.807) is 11.3 Å². The average Bonchev–Trinajstić information content (AvgIpc) is 2.67. The normalized spacial score (nSPS) is 9.93. The second kappa shape index (κ2) is 4.55. The Morgan fingerprint density at radius 2 is 2.00 bits per heavy atom. The Hall–Kier alpha value is -1.19. The predicted octanol–water partition coefficient (Wildman–Crippen LogP) is 4.17. The zero-order chi connectivity index (χ0) is 10.7. The lowest BCUT2D eigenvalue weighted by atomic mass is 10.2. The standard InChI is InChI=1S/C12H11NS2/c1-9(14)13-11-7-12(15-8-11)10-5-3-2-4-6-10/h2-8H,1H3,(H,13,14). The molecule has 3 heteroatoms. The zero-order valence-corrected chi connectivity index (χ0v) is 9.99. The Morgan fingerprint density at radius 1 is 1.27 bits per heavy atom. The number of anilines is 1. The van der Waals surface area contributed by atoms with Crippen molar-refractivity contribution in [3.63, 3.8) is 0 Å². The summed E-state index contributed by atoms with van der Waals surface area (Å²) in [6.45, 7) is 1.88. The van der Waals surface area contributed by atoms with Gasteiger partial charge in [-0.3, -0.25) is 0 Å². The minimum atomic E-state index is 0.799. The molecule has 76 valence electrons. The quantitative estimate of drug-likeness (QED) is 0.781. The summed E-state index contributed by atoms with van der Waals surface area (Å²) >= 11 is 6.72. The molecule has 0 aliphatic carbocycles. The molecule has 1 aromatic heterocycles. The summed E-state index contributed by atoms with van der Waals surface area (Å²) in [4.78, 5) is 2.06. The van der Waals surface area contributed by atoms with Crippen molar-refractivity contribution in [2.24, 2.45) is 0 Å². The van der Waals surface area contributed by atoms with Gasteiger partial charge in [-0.1, -0.05) is 42.5 Å². The van der Waals surface area contributed by atoms with Crippen molar-refractivity contribution in [1.82, 2.24) is 0 Å². The van der Waals surface area contributed by atoms with Crippen LogP contribution < -0.4 is 5.32 Å². The molecule has 0 fully saturated rings. The molecule has 0 saturated carbocycles. The highest BCUT2D eigenvalue weighted by Gasteiger charge is 2.01. The van der Waals surface area contributed by atoms with Crippen LogP contribution >= 0.6 is 23.6 Å². The maximum absolute atomic E-state index is 5.00. The third-order valence-electron chi connectivity index (χ3n) is 1.98. The van der Waals surface area contributed by atoms with Gasteiger partial charge in [-0.2, -0.15) is 0 Å². The van der Waals surface area contributed by atoms with Crippen molar-refractivity contribution in [3.05, 3.63) is 41.8 Å². The highest BCUT2D eigenvalue weighted by atomic mass is 32.1. The average molecular weight is 233 g/mol. The molecule has 0 aliphatic heterocycles. The number of thiocarbonyl (C=S) groups is 1.